The maximum atomic E-state index is 9.41. The smallest absolute Gasteiger partial charge is 0.103 e. The van der Waals surface area contributed by atoms with Crippen LogP contribution in [0.1, 0.15) is 11.1 Å². The minimum Gasteiger partial charge on any atom is -0.285 e. The number of aromatic nitrogens is 4. The Balaban J connectivity index is 1.79. The van der Waals surface area contributed by atoms with Crippen LogP contribution in [0.15, 0.2) is 53.9 Å². The Hall–Kier alpha value is -2.46. The van der Waals surface area contributed by atoms with Crippen LogP contribution in [-0.2, 0) is 5.75 Å². The number of hydrogen-bond donors (Lipinski definition) is 1. The molecule has 26 heavy (non-hydrogen) atoms. The third-order valence-electron chi connectivity index (χ3n) is 3.96. The first-order valence-corrected chi connectivity index (χ1v) is 9.38. The molecule has 4 aromatic rings. The number of nitrogens with zero attached hydrogens (tertiary/aromatic N) is 4. The molecule has 128 valence electrons. The van der Waals surface area contributed by atoms with Gasteiger partial charge in [0.25, 0.3) is 0 Å². The number of nitrogens with one attached hydrogen (secondary N) is 1. The van der Waals surface area contributed by atoms with E-state index in [1.165, 1.54) is 0 Å². The fraction of sp³-hybridized carbons (Fsp3) is 0.0556. The largest absolute Gasteiger partial charge is 0.285 e. The maximum Gasteiger partial charge on any atom is 0.103 e. The molecule has 3 heterocycles. The van der Waals surface area contributed by atoms with Crippen LogP contribution < -0.4 is 0 Å². The minimum atomic E-state index is 0.525. The number of halogens is 2. The lowest BCUT2D eigenvalue weighted by molar-refractivity contribution is 0.951. The molecule has 1 N–H and O–H groups in total. The normalized spacial score (nSPS) is 11.0. The molecule has 1 aromatic carbocycles. The second kappa shape index (κ2) is 7.04. The molecule has 0 atom stereocenters. The molecule has 0 saturated carbocycles. The van der Waals surface area contributed by atoms with Gasteiger partial charge in [-0.3, -0.25) is 5.10 Å². The number of H-pyrrole nitrogens is 1. The molecule has 0 bridgehead atoms. The highest BCUT2D eigenvalue weighted by Crippen LogP contribution is 2.36. The molecular weight excluding hydrogens is 389 g/mol. The molecule has 0 unspecified atom stereocenters. The van der Waals surface area contributed by atoms with E-state index in [1.807, 2.05) is 36.7 Å². The van der Waals surface area contributed by atoms with Gasteiger partial charge in [0.15, 0.2) is 0 Å². The average molecular weight is 400 g/mol. The van der Waals surface area contributed by atoms with Gasteiger partial charge in [0, 0.05) is 44.2 Å². The third-order valence-corrected chi connectivity index (χ3v) is 5.73. The van der Waals surface area contributed by atoms with E-state index < -0.39 is 0 Å². The molecule has 5 nitrogen and oxygen atoms in total. The Bertz CT molecular complexity index is 1110. The number of pyridine rings is 1. The summed E-state index contributed by atoms with van der Waals surface area (Å²) in [7, 11) is 0. The van der Waals surface area contributed by atoms with Crippen LogP contribution >= 0.6 is 35.0 Å². The molecule has 0 amide bonds. The second-order valence-electron chi connectivity index (χ2n) is 5.53. The Kier molecular flexibility index (Phi) is 4.60. The molecule has 0 radical (unpaired) electrons. The quantitative estimate of drug-likeness (QED) is 0.479. The Labute approximate surface area is 163 Å². The zero-order valence-electron chi connectivity index (χ0n) is 13.3. The Morgan fingerprint density at radius 1 is 1.19 bits per heavy atom. The molecule has 0 saturated heterocycles. The van der Waals surface area contributed by atoms with Gasteiger partial charge in [0.1, 0.15) is 6.07 Å². The molecular formula is C18H11Cl2N5S. The van der Waals surface area contributed by atoms with Crippen molar-refractivity contribution in [1.29, 1.82) is 5.26 Å². The van der Waals surface area contributed by atoms with Crippen molar-refractivity contribution < 1.29 is 0 Å². The SMILES string of the molecule is N#Cc1cnn2cc(-c3cn[nH]c3)cc(SCc3c(Cl)cccc3Cl)c12. The van der Waals surface area contributed by atoms with Gasteiger partial charge in [-0.15, -0.1) is 11.8 Å². The molecule has 0 spiro atoms. The van der Waals surface area contributed by atoms with Gasteiger partial charge in [0.2, 0.25) is 0 Å². The van der Waals surface area contributed by atoms with E-state index >= 15 is 0 Å². The predicted octanol–water partition coefficient (Wildman–Crippen LogP) is 5.20. The van der Waals surface area contributed by atoms with E-state index in [0.717, 1.165) is 27.1 Å². The van der Waals surface area contributed by atoms with Crippen LogP contribution in [0.3, 0.4) is 0 Å². The standard InChI is InChI=1S/C18H11Cl2N5S/c19-15-2-1-3-16(20)14(15)10-26-17-4-11(13-6-22-23-7-13)9-25-18(17)12(5-21)8-24-25/h1-4,6-9H,10H2,(H,22,23). The summed E-state index contributed by atoms with van der Waals surface area (Å²) in [5.74, 6) is 0.582. The molecule has 8 heteroatoms. The third kappa shape index (κ3) is 3.06. The van der Waals surface area contributed by atoms with Crippen molar-refractivity contribution in [3.05, 3.63) is 70.2 Å². The van der Waals surface area contributed by atoms with Gasteiger partial charge >= 0.3 is 0 Å². The van der Waals surface area contributed by atoms with Gasteiger partial charge in [-0.25, -0.2) is 4.52 Å². The highest BCUT2D eigenvalue weighted by molar-refractivity contribution is 7.98. The van der Waals surface area contributed by atoms with Crippen molar-refractivity contribution in [3.8, 4) is 17.2 Å². The summed E-state index contributed by atoms with van der Waals surface area (Å²) in [5, 5.41) is 21.8. The summed E-state index contributed by atoms with van der Waals surface area (Å²) >= 11 is 14.1. The summed E-state index contributed by atoms with van der Waals surface area (Å²) < 4.78 is 1.72. The summed E-state index contributed by atoms with van der Waals surface area (Å²) in [4.78, 5) is 0.925. The number of nitriles is 1. The van der Waals surface area contributed by atoms with E-state index in [2.05, 4.69) is 21.4 Å². The monoisotopic (exact) mass is 399 g/mol. The van der Waals surface area contributed by atoms with Gasteiger partial charge in [-0.05, 0) is 23.8 Å². The van der Waals surface area contributed by atoms with Crippen LogP contribution in [0.5, 0.6) is 0 Å². The molecule has 0 aliphatic rings. The van der Waals surface area contributed by atoms with E-state index in [-0.39, 0.29) is 0 Å². The van der Waals surface area contributed by atoms with Gasteiger partial charge in [-0.2, -0.15) is 15.5 Å². The van der Waals surface area contributed by atoms with Gasteiger partial charge in [-0.1, -0.05) is 29.3 Å². The number of hydrogen-bond acceptors (Lipinski definition) is 4. The summed E-state index contributed by atoms with van der Waals surface area (Å²) in [5.41, 5.74) is 4.06. The van der Waals surface area contributed by atoms with Gasteiger partial charge < -0.3 is 0 Å². The van der Waals surface area contributed by atoms with Crippen LogP contribution in [0.25, 0.3) is 16.6 Å². The predicted molar refractivity (Wildman–Crippen MR) is 104 cm³/mol. The number of thioether (sulfide) groups is 1. The van der Waals surface area contributed by atoms with Crippen LogP contribution in [0, 0.1) is 11.3 Å². The van der Waals surface area contributed by atoms with Crippen molar-refractivity contribution in [1.82, 2.24) is 19.8 Å². The van der Waals surface area contributed by atoms with Crippen molar-refractivity contribution in [2.75, 3.05) is 0 Å². The Morgan fingerprint density at radius 2 is 2.00 bits per heavy atom. The fourth-order valence-electron chi connectivity index (χ4n) is 2.66. The van der Waals surface area contributed by atoms with E-state index in [1.54, 1.807) is 28.7 Å². The lowest BCUT2D eigenvalue weighted by atomic mass is 10.1. The Morgan fingerprint density at radius 3 is 2.69 bits per heavy atom. The summed E-state index contributed by atoms with van der Waals surface area (Å²) in [6.07, 6.45) is 7.01. The van der Waals surface area contributed by atoms with Crippen molar-refractivity contribution in [3.63, 3.8) is 0 Å². The fourth-order valence-corrected chi connectivity index (χ4v) is 4.51. The first-order valence-electron chi connectivity index (χ1n) is 7.63. The van der Waals surface area contributed by atoms with Crippen LogP contribution in [0.2, 0.25) is 10.0 Å². The summed E-state index contributed by atoms with van der Waals surface area (Å²) in [6, 6.07) is 9.68. The first kappa shape index (κ1) is 17.0. The number of benzene rings is 1. The molecule has 0 fully saturated rings. The van der Waals surface area contributed by atoms with Gasteiger partial charge in [0.05, 0.1) is 23.5 Å². The number of fused-ring (bicyclic) bond motifs is 1. The minimum absolute atomic E-state index is 0.525. The number of rotatable bonds is 4. The average Bonchev–Trinajstić information content (AvgIpc) is 3.30. The van der Waals surface area contributed by atoms with E-state index in [0.29, 0.717) is 21.4 Å². The molecule has 4 rings (SSSR count). The number of aromatic amines is 1. The lowest BCUT2D eigenvalue weighted by Gasteiger charge is -2.10. The van der Waals surface area contributed by atoms with E-state index in [4.69, 9.17) is 23.2 Å². The van der Waals surface area contributed by atoms with Crippen molar-refractivity contribution in [2.45, 2.75) is 10.6 Å². The first-order chi connectivity index (χ1) is 12.7. The topological polar surface area (TPSA) is 69.8 Å². The second-order valence-corrected chi connectivity index (χ2v) is 7.36. The molecule has 0 aliphatic heterocycles. The maximum absolute atomic E-state index is 9.41. The highest BCUT2D eigenvalue weighted by atomic mass is 35.5. The highest BCUT2D eigenvalue weighted by Gasteiger charge is 2.14. The lowest BCUT2D eigenvalue weighted by Crippen LogP contribution is -1.93. The zero-order chi connectivity index (χ0) is 18.1. The van der Waals surface area contributed by atoms with E-state index in [9.17, 15) is 5.26 Å². The van der Waals surface area contributed by atoms with Crippen LogP contribution in [0.4, 0.5) is 0 Å². The molecule has 3 aromatic heterocycles. The van der Waals surface area contributed by atoms with Crippen molar-refractivity contribution >= 4 is 40.5 Å². The van der Waals surface area contributed by atoms with Crippen molar-refractivity contribution in [2.24, 2.45) is 0 Å². The summed E-state index contributed by atoms with van der Waals surface area (Å²) in [6.45, 7) is 0. The zero-order valence-corrected chi connectivity index (χ0v) is 15.6. The molecule has 0 aliphatic carbocycles. The van der Waals surface area contributed by atoms with Crippen LogP contribution in [-0.4, -0.2) is 19.8 Å².